The molecule has 8 nitrogen and oxygen atoms in total. The number of carboxylic acids is 1. The second-order valence-corrected chi connectivity index (χ2v) is 6.77. The second-order valence-electron chi connectivity index (χ2n) is 6.77. The van der Waals surface area contributed by atoms with Crippen molar-refractivity contribution in [3.8, 4) is 5.69 Å². The van der Waals surface area contributed by atoms with E-state index in [1.165, 1.54) is 6.33 Å². The van der Waals surface area contributed by atoms with Gasteiger partial charge in [0.2, 0.25) is 5.91 Å². The molecule has 136 valence electrons. The van der Waals surface area contributed by atoms with Gasteiger partial charge in [0.15, 0.2) is 0 Å². The van der Waals surface area contributed by atoms with Crippen LogP contribution in [-0.2, 0) is 9.59 Å². The summed E-state index contributed by atoms with van der Waals surface area (Å²) in [6, 6.07) is 5.39. The predicted molar refractivity (Wildman–Crippen MR) is 94.7 cm³/mol. The number of carbonyl (C=O) groups is 2. The Morgan fingerprint density at radius 2 is 1.85 bits per heavy atom. The highest BCUT2D eigenvalue weighted by atomic mass is 16.4. The van der Waals surface area contributed by atoms with Gasteiger partial charge in [-0.25, -0.2) is 4.68 Å². The smallest absolute Gasteiger partial charge is 0.307 e. The summed E-state index contributed by atoms with van der Waals surface area (Å²) in [5.41, 5.74) is 4.47. The molecule has 1 aromatic heterocycles. The molecule has 0 bridgehead atoms. The number of aliphatic carboxylic acids is 1. The molecule has 1 amide bonds. The number of amides is 1. The van der Waals surface area contributed by atoms with Crippen LogP contribution in [-0.4, -0.2) is 37.2 Å². The van der Waals surface area contributed by atoms with Gasteiger partial charge in [0.05, 0.1) is 17.5 Å². The summed E-state index contributed by atoms with van der Waals surface area (Å²) in [6.07, 6.45) is 2.38. The fraction of sp³-hybridized carbons (Fsp3) is 0.389. The van der Waals surface area contributed by atoms with Crippen molar-refractivity contribution in [3.05, 3.63) is 41.2 Å². The van der Waals surface area contributed by atoms with Crippen molar-refractivity contribution in [2.45, 2.75) is 33.6 Å². The van der Waals surface area contributed by atoms with Gasteiger partial charge in [-0.05, 0) is 67.8 Å². The summed E-state index contributed by atoms with van der Waals surface area (Å²) in [4.78, 5) is 24.3. The van der Waals surface area contributed by atoms with Crippen LogP contribution in [0.1, 0.15) is 32.3 Å². The number of hydrogen-bond acceptors (Lipinski definition) is 5. The molecule has 0 saturated heterocycles. The topological polar surface area (TPSA) is 110 Å². The zero-order valence-electron chi connectivity index (χ0n) is 14.9. The van der Waals surface area contributed by atoms with E-state index < -0.39 is 17.8 Å². The van der Waals surface area contributed by atoms with E-state index in [-0.39, 0.29) is 5.91 Å². The minimum atomic E-state index is -0.929. The minimum absolute atomic E-state index is 0.265. The van der Waals surface area contributed by atoms with E-state index in [1.54, 1.807) is 10.7 Å². The van der Waals surface area contributed by atoms with Gasteiger partial charge in [-0.15, -0.1) is 5.10 Å². The Bertz CT molecular complexity index is 873. The van der Waals surface area contributed by atoms with Crippen molar-refractivity contribution in [2.24, 2.45) is 11.8 Å². The summed E-state index contributed by atoms with van der Waals surface area (Å²) >= 11 is 0. The second kappa shape index (κ2) is 7.07. The van der Waals surface area contributed by atoms with Crippen molar-refractivity contribution in [2.75, 3.05) is 5.32 Å². The molecule has 0 unspecified atom stereocenters. The monoisotopic (exact) mass is 355 g/mol. The number of carboxylic acid groups (broad SMARTS) is 1. The summed E-state index contributed by atoms with van der Waals surface area (Å²) in [5.74, 6) is -2.46. The molecule has 2 atom stereocenters. The lowest BCUT2D eigenvalue weighted by molar-refractivity contribution is -0.146. The molecule has 0 aliphatic heterocycles. The lowest BCUT2D eigenvalue weighted by atomic mass is 9.76. The Kier molecular flexibility index (Phi) is 4.83. The first kappa shape index (κ1) is 17.8. The summed E-state index contributed by atoms with van der Waals surface area (Å²) in [5, 5.41) is 23.4. The molecule has 0 saturated carbocycles. The van der Waals surface area contributed by atoms with Crippen molar-refractivity contribution < 1.29 is 14.7 Å². The number of nitrogens with one attached hydrogen (secondary N) is 1. The van der Waals surface area contributed by atoms with Crippen molar-refractivity contribution in [1.29, 1.82) is 0 Å². The molecule has 3 rings (SSSR count). The lowest BCUT2D eigenvalue weighted by Gasteiger charge is -2.29. The van der Waals surface area contributed by atoms with E-state index in [4.69, 9.17) is 0 Å². The molecule has 1 aliphatic rings. The number of tetrazole rings is 1. The molecule has 0 spiro atoms. The number of carbonyl (C=O) groups excluding carboxylic acids is 1. The van der Waals surface area contributed by atoms with E-state index >= 15 is 0 Å². The Hall–Kier alpha value is -3.03. The summed E-state index contributed by atoms with van der Waals surface area (Å²) in [6.45, 7) is 5.78. The zero-order chi connectivity index (χ0) is 18.8. The third-order valence-corrected chi connectivity index (χ3v) is 4.98. The number of anilines is 1. The number of allylic oxidation sites excluding steroid dienone is 2. The van der Waals surface area contributed by atoms with Crippen LogP contribution in [0.5, 0.6) is 0 Å². The molecule has 8 heteroatoms. The minimum Gasteiger partial charge on any atom is -0.481 e. The number of benzene rings is 1. The number of rotatable bonds is 4. The molecule has 1 aliphatic carbocycles. The average molecular weight is 355 g/mol. The number of hydrogen-bond donors (Lipinski definition) is 2. The first-order chi connectivity index (χ1) is 12.4. The van der Waals surface area contributed by atoms with Crippen LogP contribution in [0.2, 0.25) is 0 Å². The van der Waals surface area contributed by atoms with Crippen molar-refractivity contribution >= 4 is 17.6 Å². The molecule has 1 aromatic carbocycles. The largest absolute Gasteiger partial charge is 0.481 e. The van der Waals surface area contributed by atoms with Gasteiger partial charge < -0.3 is 10.4 Å². The van der Waals surface area contributed by atoms with Crippen LogP contribution in [0, 0.1) is 18.8 Å². The predicted octanol–water partition coefficient (Wildman–Crippen LogP) is 2.36. The molecule has 1 heterocycles. The van der Waals surface area contributed by atoms with Gasteiger partial charge in [-0.3, -0.25) is 9.59 Å². The fourth-order valence-electron chi connectivity index (χ4n) is 3.32. The van der Waals surface area contributed by atoms with E-state index in [0.717, 1.165) is 22.4 Å². The normalized spacial score (nSPS) is 20.1. The molecular formula is C18H21N5O3. The Morgan fingerprint density at radius 3 is 2.42 bits per heavy atom. The van der Waals surface area contributed by atoms with Crippen LogP contribution in [0.25, 0.3) is 5.69 Å². The molecule has 26 heavy (non-hydrogen) atoms. The zero-order valence-corrected chi connectivity index (χ0v) is 14.9. The van der Waals surface area contributed by atoms with Crippen LogP contribution in [0.3, 0.4) is 0 Å². The van der Waals surface area contributed by atoms with E-state index in [0.29, 0.717) is 18.5 Å². The van der Waals surface area contributed by atoms with Gasteiger partial charge in [0.1, 0.15) is 6.33 Å². The van der Waals surface area contributed by atoms with Gasteiger partial charge >= 0.3 is 5.97 Å². The third-order valence-electron chi connectivity index (χ3n) is 4.98. The van der Waals surface area contributed by atoms with E-state index in [9.17, 15) is 14.7 Å². The fourth-order valence-corrected chi connectivity index (χ4v) is 3.32. The highest BCUT2D eigenvalue weighted by Gasteiger charge is 2.37. The van der Waals surface area contributed by atoms with Gasteiger partial charge in [0.25, 0.3) is 0 Å². The number of aryl methyl sites for hydroxylation is 1. The Labute approximate surface area is 150 Å². The number of nitrogens with zero attached hydrogens (tertiary/aromatic N) is 4. The number of aromatic nitrogens is 4. The van der Waals surface area contributed by atoms with Crippen LogP contribution in [0.15, 0.2) is 35.7 Å². The van der Waals surface area contributed by atoms with Gasteiger partial charge in [0, 0.05) is 5.69 Å². The van der Waals surface area contributed by atoms with Crippen molar-refractivity contribution in [1.82, 2.24) is 20.2 Å². The van der Waals surface area contributed by atoms with Crippen LogP contribution >= 0.6 is 0 Å². The molecule has 2 aromatic rings. The average Bonchev–Trinajstić information content (AvgIpc) is 3.11. The lowest BCUT2D eigenvalue weighted by Crippen LogP contribution is -2.36. The van der Waals surface area contributed by atoms with E-state index in [1.807, 2.05) is 32.9 Å². The highest BCUT2D eigenvalue weighted by molar-refractivity contribution is 5.95. The van der Waals surface area contributed by atoms with Crippen molar-refractivity contribution in [3.63, 3.8) is 0 Å². The first-order valence-corrected chi connectivity index (χ1v) is 8.39. The maximum atomic E-state index is 12.7. The third kappa shape index (κ3) is 3.49. The van der Waals surface area contributed by atoms with Gasteiger partial charge in [-0.2, -0.15) is 0 Å². The molecular weight excluding hydrogens is 334 g/mol. The van der Waals surface area contributed by atoms with Gasteiger partial charge in [-0.1, -0.05) is 11.1 Å². The first-order valence-electron chi connectivity index (χ1n) is 8.39. The standard InChI is InChI=1S/C18H21N5O3/c1-10-7-14(15(18(25)26)8-11(10)2)17(24)20-13-4-5-16(12(3)6-13)23-9-19-21-22-23/h4-6,9,14-15H,7-8H2,1-3H3,(H,20,24)(H,25,26)/t14-,15-/m1/s1. The molecule has 0 radical (unpaired) electrons. The SMILES string of the molecule is CC1=C(C)C[C@@H](C(=O)Nc2ccc(-n3cnnn3)c(C)c2)[C@H](C(=O)O)C1. The maximum Gasteiger partial charge on any atom is 0.307 e. The Morgan fingerprint density at radius 1 is 1.15 bits per heavy atom. The Balaban J connectivity index is 1.79. The molecule has 2 N–H and O–H groups in total. The summed E-state index contributed by atoms with van der Waals surface area (Å²) in [7, 11) is 0. The maximum absolute atomic E-state index is 12.7. The summed E-state index contributed by atoms with van der Waals surface area (Å²) < 4.78 is 1.54. The van der Waals surface area contributed by atoms with E-state index in [2.05, 4.69) is 20.8 Å². The van der Waals surface area contributed by atoms with Crippen LogP contribution < -0.4 is 5.32 Å². The van der Waals surface area contributed by atoms with Crippen LogP contribution in [0.4, 0.5) is 5.69 Å². The quantitative estimate of drug-likeness (QED) is 0.815. The molecule has 0 fully saturated rings. The highest BCUT2D eigenvalue weighted by Crippen LogP contribution is 2.35.